The molecule has 2 amide bonds. The van der Waals surface area contributed by atoms with Crippen LogP contribution in [0, 0.1) is 0 Å². The minimum Gasteiger partial charge on any atom is -0.493 e. The molecule has 0 spiro atoms. The Kier molecular flexibility index (Phi) is 7.29. The van der Waals surface area contributed by atoms with E-state index >= 15 is 0 Å². The predicted molar refractivity (Wildman–Crippen MR) is 118 cm³/mol. The Hall–Kier alpha value is -3.51. The van der Waals surface area contributed by atoms with E-state index in [9.17, 15) is 18.0 Å². The molecule has 33 heavy (non-hydrogen) atoms. The Morgan fingerprint density at radius 1 is 1.12 bits per heavy atom. The second-order valence-corrected chi connectivity index (χ2v) is 8.79. The molecule has 2 N–H and O–H groups in total. The molecule has 0 aromatic heterocycles. The van der Waals surface area contributed by atoms with Crippen LogP contribution in [0.1, 0.15) is 5.56 Å². The molecule has 0 saturated heterocycles. The summed E-state index contributed by atoms with van der Waals surface area (Å²) in [5.74, 6) is 1.06. The number of anilines is 1. The van der Waals surface area contributed by atoms with Gasteiger partial charge >= 0.3 is 6.09 Å². The summed E-state index contributed by atoms with van der Waals surface area (Å²) in [7, 11) is 1.59. The van der Waals surface area contributed by atoms with Crippen LogP contribution in [0.25, 0.3) is 0 Å². The van der Waals surface area contributed by atoms with Crippen LogP contribution in [-0.4, -0.2) is 61.6 Å². The van der Waals surface area contributed by atoms with E-state index in [4.69, 9.17) is 14.2 Å². The standard InChI is InChI=1S/C21H25N3O8S/c1-24-15-11-14(6-8-16(15)32-12-20(24)25)33(27,28)23-19(22-21(26)31-4)10-13-5-7-17(29-2)18(9-13)30-3/h5-9,11,19,23H,10,12H2,1-4H3,(H,22,26). The van der Waals surface area contributed by atoms with Gasteiger partial charge in [-0.15, -0.1) is 0 Å². The zero-order valence-corrected chi connectivity index (χ0v) is 19.4. The maximum Gasteiger partial charge on any atom is 0.408 e. The molecule has 178 valence electrons. The van der Waals surface area contributed by atoms with E-state index in [-0.39, 0.29) is 23.8 Å². The number of likely N-dealkylation sites (N-methyl/N-ethyl adjacent to an activating group) is 1. The Balaban J connectivity index is 1.88. The van der Waals surface area contributed by atoms with Crippen LogP contribution >= 0.6 is 0 Å². The summed E-state index contributed by atoms with van der Waals surface area (Å²) in [4.78, 5) is 25.0. The first-order valence-electron chi connectivity index (χ1n) is 9.79. The van der Waals surface area contributed by atoms with Crippen molar-refractivity contribution in [1.29, 1.82) is 0 Å². The molecule has 0 radical (unpaired) electrons. The van der Waals surface area contributed by atoms with Crippen molar-refractivity contribution in [2.45, 2.75) is 17.5 Å². The highest BCUT2D eigenvalue weighted by Crippen LogP contribution is 2.33. The molecular weight excluding hydrogens is 454 g/mol. The molecule has 1 atom stereocenters. The highest BCUT2D eigenvalue weighted by atomic mass is 32.2. The summed E-state index contributed by atoms with van der Waals surface area (Å²) in [5, 5.41) is 2.47. The topological polar surface area (TPSA) is 132 Å². The highest BCUT2D eigenvalue weighted by molar-refractivity contribution is 7.89. The number of hydrogen-bond acceptors (Lipinski definition) is 8. The van der Waals surface area contributed by atoms with E-state index in [1.54, 1.807) is 18.2 Å². The van der Waals surface area contributed by atoms with E-state index < -0.39 is 22.3 Å². The first-order chi connectivity index (χ1) is 15.7. The van der Waals surface area contributed by atoms with Gasteiger partial charge in [0, 0.05) is 13.5 Å². The Morgan fingerprint density at radius 2 is 1.85 bits per heavy atom. The summed E-state index contributed by atoms with van der Waals surface area (Å²) in [6.45, 7) is -0.121. The number of nitrogens with one attached hydrogen (secondary N) is 2. The van der Waals surface area contributed by atoms with Crippen molar-refractivity contribution >= 4 is 27.7 Å². The number of hydrogen-bond donors (Lipinski definition) is 2. The van der Waals surface area contributed by atoms with E-state index in [1.807, 2.05) is 0 Å². The molecule has 0 fully saturated rings. The van der Waals surface area contributed by atoms with Crippen molar-refractivity contribution in [1.82, 2.24) is 10.0 Å². The number of benzene rings is 2. The zero-order valence-electron chi connectivity index (χ0n) is 18.6. The smallest absolute Gasteiger partial charge is 0.408 e. The SMILES string of the molecule is COC(=O)NC(Cc1ccc(OC)c(OC)c1)NS(=O)(=O)c1ccc2c(c1)N(C)C(=O)CO2. The number of fused-ring (bicyclic) bond motifs is 1. The molecule has 0 bridgehead atoms. The molecule has 1 unspecified atom stereocenters. The molecule has 0 saturated carbocycles. The third-order valence-electron chi connectivity index (χ3n) is 4.99. The van der Waals surface area contributed by atoms with Crippen molar-refractivity contribution in [2.24, 2.45) is 0 Å². The number of sulfonamides is 1. The van der Waals surface area contributed by atoms with Gasteiger partial charge in [-0.3, -0.25) is 4.79 Å². The molecule has 3 rings (SSSR count). The fourth-order valence-electron chi connectivity index (χ4n) is 3.24. The van der Waals surface area contributed by atoms with E-state index in [0.717, 1.165) is 0 Å². The minimum atomic E-state index is -4.11. The van der Waals surface area contributed by atoms with Gasteiger partial charge in [0.15, 0.2) is 18.1 Å². The third-order valence-corrected chi connectivity index (χ3v) is 6.46. The molecule has 1 aliphatic heterocycles. The largest absolute Gasteiger partial charge is 0.493 e. The van der Waals surface area contributed by atoms with E-state index in [2.05, 4.69) is 14.8 Å². The third kappa shape index (κ3) is 5.46. The van der Waals surface area contributed by atoms with Crippen molar-refractivity contribution < 1.29 is 37.0 Å². The molecule has 11 nitrogen and oxygen atoms in total. The lowest BCUT2D eigenvalue weighted by atomic mass is 10.1. The lowest BCUT2D eigenvalue weighted by Crippen LogP contribution is -2.49. The molecule has 1 aliphatic rings. The van der Waals surface area contributed by atoms with Gasteiger partial charge in [-0.05, 0) is 35.9 Å². The predicted octanol–water partition coefficient (Wildman–Crippen LogP) is 1.26. The van der Waals surface area contributed by atoms with Crippen molar-refractivity contribution in [3.8, 4) is 17.2 Å². The van der Waals surface area contributed by atoms with Crippen LogP contribution in [0.3, 0.4) is 0 Å². The van der Waals surface area contributed by atoms with Gasteiger partial charge in [0.2, 0.25) is 10.0 Å². The van der Waals surface area contributed by atoms with Gasteiger partial charge < -0.3 is 29.2 Å². The van der Waals surface area contributed by atoms with Crippen LogP contribution in [-0.2, 0) is 26.0 Å². The Labute approximate surface area is 191 Å². The number of ether oxygens (including phenoxy) is 4. The van der Waals surface area contributed by atoms with Crippen LogP contribution in [0.4, 0.5) is 10.5 Å². The normalized spacial score (nSPS) is 14.1. The molecule has 1 heterocycles. The summed E-state index contributed by atoms with van der Waals surface area (Å²) in [5.41, 5.74) is 0.993. The number of alkyl carbamates (subject to hydrolysis) is 1. The number of nitrogens with zero attached hydrogens (tertiary/aromatic N) is 1. The minimum absolute atomic E-state index is 0.0844. The van der Waals surface area contributed by atoms with Crippen LogP contribution < -0.4 is 29.1 Å². The fraction of sp³-hybridized carbons (Fsp3) is 0.333. The summed E-state index contributed by atoms with van der Waals surface area (Å²) < 4.78 is 49.1. The van der Waals surface area contributed by atoms with Crippen LogP contribution in [0.15, 0.2) is 41.3 Å². The quantitative estimate of drug-likeness (QED) is 0.541. The summed E-state index contributed by atoms with van der Waals surface area (Å²) >= 11 is 0. The second kappa shape index (κ2) is 9.96. The number of rotatable bonds is 8. The number of amides is 2. The zero-order chi connectivity index (χ0) is 24.2. The maximum atomic E-state index is 13.1. The maximum absolute atomic E-state index is 13.1. The van der Waals surface area contributed by atoms with Crippen LogP contribution in [0.5, 0.6) is 17.2 Å². The van der Waals surface area contributed by atoms with Gasteiger partial charge in [0.1, 0.15) is 11.9 Å². The van der Waals surface area contributed by atoms with E-state index in [0.29, 0.717) is 28.5 Å². The number of methoxy groups -OCH3 is 3. The van der Waals surface area contributed by atoms with Gasteiger partial charge in [0.25, 0.3) is 5.91 Å². The van der Waals surface area contributed by atoms with Gasteiger partial charge in [-0.1, -0.05) is 6.07 Å². The van der Waals surface area contributed by atoms with Gasteiger partial charge in [-0.25, -0.2) is 13.2 Å². The molecule has 2 aromatic rings. The lowest BCUT2D eigenvalue weighted by Gasteiger charge is -2.26. The van der Waals surface area contributed by atoms with Gasteiger partial charge in [-0.2, -0.15) is 4.72 Å². The molecule has 2 aromatic carbocycles. The average molecular weight is 480 g/mol. The summed E-state index contributed by atoms with van der Waals surface area (Å²) in [6.07, 6.45) is -1.78. The molecule has 12 heteroatoms. The Bertz CT molecular complexity index is 1150. The van der Waals surface area contributed by atoms with Crippen molar-refractivity contribution in [2.75, 3.05) is 39.9 Å². The summed E-state index contributed by atoms with van der Waals surface area (Å²) in [6, 6.07) is 9.24. The van der Waals surface area contributed by atoms with Crippen molar-refractivity contribution in [3.05, 3.63) is 42.0 Å². The number of carbonyl (C=O) groups excluding carboxylic acids is 2. The second-order valence-electron chi connectivity index (χ2n) is 7.07. The first-order valence-corrected chi connectivity index (χ1v) is 11.3. The van der Waals surface area contributed by atoms with E-state index in [1.165, 1.54) is 51.5 Å². The molecule has 0 aliphatic carbocycles. The lowest BCUT2D eigenvalue weighted by molar-refractivity contribution is -0.121. The van der Waals surface area contributed by atoms with Crippen LogP contribution in [0.2, 0.25) is 0 Å². The Morgan fingerprint density at radius 3 is 2.52 bits per heavy atom. The average Bonchev–Trinajstić information content (AvgIpc) is 2.80. The first kappa shape index (κ1) is 24.1. The highest BCUT2D eigenvalue weighted by Gasteiger charge is 2.27. The van der Waals surface area contributed by atoms with Crippen molar-refractivity contribution in [3.63, 3.8) is 0 Å². The van der Waals surface area contributed by atoms with Gasteiger partial charge in [0.05, 0.1) is 31.9 Å². The molecular formula is C21H25N3O8S. The number of carbonyl (C=O) groups is 2. The monoisotopic (exact) mass is 479 g/mol. The fourth-order valence-corrected chi connectivity index (χ4v) is 4.41.